The maximum Gasteiger partial charge on any atom is 0.0472 e. The summed E-state index contributed by atoms with van der Waals surface area (Å²) in [4.78, 5) is 0. The van der Waals surface area contributed by atoms with Gasteiger partial charge in [0.25, 0.3) is 0 Å². The zero-order valence-electron chi connectivity index (χ0n) is 13.8. The fourth-order valence-corrected chi connectivity index (χ4v) is 2.21. The summed E-state index contributed by atoms with van der Waals surface area (Å²) in [7, 11) is 0. The van der Waals surface area contributed by atoms with E-state index >= 15 is 0 Å². The predicted molar refractivity (Wildman–Crippen MR) is 87.4 cm³/mol. The fraction of sp³-hybridized carbons (Fsp3) is 0.667. The molecule has 0 heterocycles. The van der Waals surface area contributed by atoms with E-state index in [1.165, 1.54) is 11.1 Å². The van der Waals surface area contributed by atoms with Crippen molar-refractivity contribution in [2.24, 2.45) is 0 Å². The van der Waals surface area contributed by atoms with Gasteiger partial charge in [-0.15, -0.1) is 0 Å². The molecule has 0 aliphatic rings. The Balaban J connectivity index is 2.63. The SMILES string of the molecule is CCCOCCC(CNC(C)(C)C)c1cccc(C)c1. The summed E-state index contributed by atoms with van der Waals surface area (Å²) >= 11 is 0. The van der Waals surface area contributed by atoms with Gasteiger partial charge in [-0.3, -0.25) is 0 Å². The zero-order valence-corrected chi connectivity index (χ0v) is 13.8. The van der Waals surface area contributed by atoms with E-state index in [0.717, 1.165) is 32.6 Å². The van der Waals surface area contributed by atoms with Crippen molar-refractivity contribution in [3.05, 3.63) is 35.4 Å². The summed E-state index contributed by atoms with van der Waals surface area (Å²) in [6.07, 6.45) is 2.17. The van der Waals surface area contributed by atoms with Crippen molar-refractivity contribution in [1.82, 2.24) is 5.32 Å². The molecule has 1 rings (SSSR count). The largest absolute Gasteiger partial charge is 0.381 e. The van der Waals surface area contributed by atoms with Crippen LogP contribution in [0.15, 0.2) is 24.3 Å². The van der Waals surface area contributed by atoms with Gasteiger partial charge in [-0.1, -0.05) is 36.8 Å². The Kier molecular flexibility index (Phi) is 7.25. The van der Waals surface area contributed by atoms with Gasteiger partial charge in [0, 0.05) is 25.3 Å². The highest BCUT2D eigenvalue weighted by Crippen LogP contribution is 2.21. The number of rotatable bonds is 8. The number of hydrogen-bond acceptors (Lipinski definition) is 2. The molecule has 0 saturated heterocycles. The lowest BCUT2D eigenvalue weighted by atomic mass is 9.93. The van der Waals surface area contributed by atoms with Gasteiger partial charge in [0.15, 0.2) is 0 Å². The van der Waals surface area contributed by atoms with E-state index in [9.17, 15) is 0 Å². The molecule has 0 bridgehead atoms. The van der Waals surface area contributed by atoms with Gasteiger partial charge in [0.05, 0.1) is 0 Å². The van der Waals surface area contributed by atoms with Gasteiger partial charge in [0.2, 0.25) is 0 Å². The van der Waals surface area contributed by atoms with Crippen LogP contribution >= 0.6 is 0 Å². The van der Waals surface area contributed by atoms with Crippen LogP contribution in [0.4, 0.5) is 0 Å². The molecule has 20 heavy (non-hydrogen) atoms. The molecular formula is C18H31NO. The van der Waals surface area contributed by atoms with E-state index in [2.05, 4.69) is 64.2 Å². The average Bonchev–Trinajstić information content (AvgIpc) is 2.36. The molecule has 1 unspecified atom stereocenters. The molecule has 0 fully saturated rings. The summed E-state index contributed by atoms with van der Waals surface area (Å²) in [6, 6.07) is 8.85. The Morgan fingerprint density at radius 1 is 1.20 bits per heavy atom. The second kappa shape index (κ2) is 8.43. The Labute approximate surface area is 124 Å². The highest BCUT2D eigenvalue weighted by atomic mass is 16.5. The normalized spacial score (nSPS) is 13.4. The van der Waals surface area contributed by atoms with Crippen molar-refractivity contribution >= 4 is 0 Å². The smallest absolute Gasteiger partial charge is 0.0472 e. The summed E-state index contributed by atoms with van der Waals surface area (Å²) in [5, 5.41) is 3.63. The first-order chi connectivity index (χ1) is 9.42. The minimum atomic E-state index is 0.159. The van der Waals surface area contributed by atoms with Crippen molar-refractivity contribution < 1.29 is 4.74 Å². The second-order valence-corrected chi connectivity index (χ2v) is 6.64. The van der Waals surface area contributed by atoms with Crippen LogP contribution in [-0.2, 0) is 4.74 Å². The average molecular weight is 277 g/mol. The lowest BCUT2D eigenvalue weighted by molar-refractivity contribution is 0.126. The third-order valence-electron chi connectivity index (χ3n) is 3.35. The molecule has 114 valence electrons. The lowest BCUT2D eigenvalue weighted by Gasteiger charge is -2.26. The number of benzene rings is 1. The van der Waals surface area contributed by atoms with Crippen molar-refractivity contribution in [3.63, 3.8) is 0 Å². The Morgan fingerprint density at radius 3 is 2.55 bits per heavy atom. The summed E-state index contributed by atoms with van der Waals surface area (Å²) in [5.74, 6) is 0.519. The first-order valence-corrected chi connectivity index (χ1v) is 7.81. The maximum atomic E-state index is 5.67. The first kappa shape index (κ1) is 17.2. The molecule has 0 radical (unpaired) electrons. The van der Waals surface area contributed by atoms with Crippen LogP contribution in [0.2, 0.25) is 0 Å². The Hall–Kier alpha value is -0.860. The minimum absolute atomic E-state index is 0.159. The van der Waals surface area contributed by atoms with Crippen LogP contribution < -0.4 is 5.32 Å². The summed E-state index contributed by atoms with van der Waals surface area (Å²) < 4.78 is 5.67. The van der Waals surface area contributed by atoms with Gasteiger partial charge in [-0.2, -0.15) is 0 Å². The molecule has 0 aromatic heterocycles. The molecule has 0 saturated carbocycles. The Morgan fingerprint density at radius 2 is 1.95 bits per heavy atom. The predicted octanol–water partition coefficient (Wildman–Crippen LogP) is 4.28. The molecule has 0 amide bonds. The van der Waals surface area contributed by atoms with Crippen molar-refractivity contribution in [2.45, 2.75) is 58.9 Å². The van der Waals surface area contributed by atoms with Crippen molar-refractivity contribution in [1.29, 1.82) is 0 Å². The van der Waals surface area contributed by atoms with E-state index in [0.29, 0.717) is 5.92 Å². The van der Waals surface area contributed by atoms with E-state index in [1.807, 2.05) is 0 Å². The molecule has 2 heteroatoms. The Bertz CT molecular complexity index is 381. The maximum absolute atomic E-state index is 5.67. The van der Waals surface area contributed by atoms with Gasteiger partial charge < -0.3 is 10.1 Å². The highest BCUT2D eigenvalue weighted by Gasteiger charge is 2.16. The van der Waals surface area contributed by atoms with Crippen LogP contribution in [0.3, 0.4) is 0 Å². The van der Waals surface area contributed by atoms with E-state index in [-0.39, 0.29) is 5.54 Å². The van der Waals surface area contributed by atoms with Crippen LogP contribution in [0.25, 0.3) is 0 Å². The van der Waals surface area contributed by atoms with Crippen LogP contribution in [0, 0.1) is 6.92 Å². The number of aryl methyl sites for hydroxylation is 1. The number of ether oxygens (including phenoxy) is 1. The zero-order chi connectivity index (χ0) is 15.0. The molecule has 1 aromatic rings. The van der Waals surface area contributed by atoms with E-state index < -0.39 is 0 Å². The summed E-state index contributed by atoms with van der Waals surface area (Å²) in [6.45, 7) is 13.7. The van der Waals surface area contributed by atoms with Gasteiger partial charge in [-0.25, -0.2) is 0 Å². The standard InChI is InChI=1S/C18H31NO/c1-6-11-20-12-10-17(14-19-18(3,4)5)16-9-7-8-15(2)13-16/h7-9,13,17,19H,6,10-12,14H2,1-5H3. The molecule has 0 aliphatic heterocycles. The third-order valence-corrected chi connectivity index (χ3v) is 3.35. The molecule has 1 N–H and O–H groups in total. The topological polar surface area (TPSA) is 21.3 Å². The van der Waals surface area contributed by atoms with Crippen LogP contribution in [0.1, 0.15) is 57.6 Å². The quantitative estimate of drug-likeness (QED) is 0.716. The monoisotopic (exact) mass is 277 g/mol. The van der Waals surface area contributed by atoms with E-state index in [4.69, 9.17) is 4.74 Å². The molecular weight excluding hydrogens is 246 g/mol. The second-order valence-electron chi connectivity index (χ2n) is 6.64. The number of nitrogens with one attached hydrogen (secondary N) is 1. The van der Waals surface area contributed by atoms with Crippen molar-refractivity contribution in [3.8, 4) is 0 Å². The van der Waals surface area contributed by atoms with Crippen molar-refractivity contribution in [2.75, 3.05) is 19.8 Å². The highest BCUT2D eigenvalue weighted by molar-refractivity contribution is 5.25. The molecule has 2 nitrogen and oxygen atoms in total. The summed E-state index contributed by atoms with van der Waals surface area (Å²) in [5.41, 5.74) is 2.91. The lowest BCUT2D eigenvalue weighted by Crippen LogP contribution is -2.38. The molecule has 0 aliphatic carbocycles. The number of hydrogen-bond donors (Lipinski definition) is 1. The van der Waals surface area contributed by atoms with Crippen LogP contribution in [0.5, 0.6) is 0 Å². The third kappa shape index (κ3) is 7.06. The molecule has 0 spiro atoms. The van der Waals surface area contributed by atoms with Gasteiger partial charge in [0.1, 0.15) is 0 Å². The molecule has 1 atom stereocenters. The van der Waals surface area contributed by atoms with Crippen LogP contribution in [-0.4, -0.2) is 25.3 Å². The van der Waals surface area contributed by atoms with Gasteiger partial charge >= 0.3 is 0 Å². The minimum Gasteiger partial charge on any atom is -0.381 e. The van der Waals surface area contributed by atoms with Gasteiger partial charge in [-0.05, 0) is 52.0 Å². The fourth-order valence-electron chi connectivity index (χ4n) is 2.21. The van der Waals surface area contributed by atoms with E-state index in [1.54, 1.807) is 0 Å². The first-order valence-electron chi connectivity index (χ1n) is 7.81. The molecule has 1 aromatic carbocycles.